The summed E-state index contributed by atoms with van der Waals surface area (Å²) in [6, 6.07) is 0. The number of halogens is 1. The molecule has 2 aliphatic heterocycles. The van der Waals surface area contributed by atoms with E-state index >= 15 is 0 Å². The van der Waals surface area contributed by atoms with Crippen molar-refractivity contribution in [2.24, 2.45) is 0 Å². The summed E-state index contributed by atoms with van der Waals surface area (Å²) in [5, 5.41) is 0.264. The molecule has 0 aromatic carbocycles. The molecule has 2 aliphatic rings. The van der Waals surface area contributed by atoms with Gasteiger partial charge in [0.05, 0.1) is 6.10 Å². The van der Waals surface area contributed by atoms with E-state index in [2.05, 4.69) is 19.9 Å². The van der Waals surface area contributed by atoms with Crippen LogP contribution in [-0.2, 0) is 4.74 Å². The van der Waals surface area contributed by atoms with Crippen LogP contribution in [-0.4, -0.2) is 54.3 Å². The molecule has 0 saturated carbocycles. The van der Waals surface area contributed by atoms with Crippen molar-refractivity contribution in [1.82, 2.24) is 15.0 Å². The van der Waals surface area contributed by atoms with Crippen LogP contribution in [0, 0.1) is 0 Å². The summed E-state index contributed by atoms with van der Waals surface area (Å²) in [6.07, 6.45) is 6.15. The summed E-state index contributed by atoms with van der Waals surface area (Å²) in [4.78, 5) is 17.3. The third kappa shape index (κ3) is 3.74. The lowest BCUT2D eigenvalue weighted by atomic mass is 10.1. The maximum atomic E-state index is 6.08. The Labute approximate surface area is 130 Å². The van der Waals surface area contributed by atoms with Crippen LogP contribution in [0.2, 0.25) is 5.28 Å². The average Bonchev–Trinajstić information content (AvgIpc) is 3.00. The lowest BCUT2D eigenvalue weighted by Crippen LogP contribution is -2.33. The van der Waals surface area contributed by atoms with Gasteiger partial charge in [-0.15, -0.1) is 0 Å². The van der Waals surface area contributed by atoms with Crippen molar-refractivity contribution in [2.45, 2.75) is 38.2 Å². The lowest BCUT2D eigenvalue weighted by molar-refractivity contribution is 0.116. The Hall–Kier alpha value is -1.14. The fourth-order valence-corrected chi connectivity index (χ4v) is 3.06. The van der Waals surface area contributed by atoms with Crippen LogP contribution in [0.25, 0.3) is 0 Å². The molecule has 1 unspecified atom stereocenters. The largest absolute Gasteiger partial charge is 0.376 e. The van der Waals surface area contributed by atoms with Crippen LogP contribution in [0.15, 0.2) is 0 Å². The molecule has 0 radical (unpaired) electrons. The van der Waals surface area contributed by atoms with Gasteiger partial charge in [-0.1, -0.05) is 0 Å². The summed E-state index contributed by atoms with van der Waals surface area (Å²) in [7, 11) is 1.98. The molecule has 0 bridgehead atoms. The van der Waals surface area contributed by atoms with Gasteiger partial charge >= 0.3 is 0 Å². The zero-order chi connectivity index (χ0) is 14.7. The van der Waals surface area contributed by atoms with Crippen LogP contribution >= 0.6 is 11.6 Å². The molecule has 3 heterocycles. The smallest absolute Gasteiger partial charge is 0.231 e. The first-order chi connectivity index (χ1) is 10.2. The van der Waals surface area contributed by atoms with Crippen LogP contribution in [0.3, 0.4) is 0 Å². The molecular formula is C14H22ClN5O. The van der Waals surface area contributed by atoms with E-state index < -0.39 is 0 Å². The summed E-state index contributed by atoms with van der Waals surface area (Å²) in [5.41, 5.74) is 0. The first kappa shape index (κ1) is 14.8. The van der Waals surface area contributed by atoms with E-state index in [0.29, 0.717) is 11.9 Å². The first-order valence-corrected chi connectivity index (χ1v) is 8.09. The van der Waals surface area contributed by atoms with Gasteiger partial charge in [-0.3, -0.25) is 0 Å². The minimum Gasteiger partial charge on any atom is -0.376 e. The summed E-state index contributed by atoms with van der Waals surface area (Å²) >= 11 is 6.08. The SMILES string of the molecule is CN(CC1CCCO1)c1nc(Cl)nc(N2CCCCC2)n1. The van der Waals surface area contributed by atoms with Gasteiger partial charge in [-0.25, -0.2) is 0 Å². The molecule has 1 atom stereocenters. The summed E-state index contributed by atoms with van der Waals surface area (Å²) in [5.74, 6) is 1.33. The highest BCUT2D eigenvalue weighted by Gasteiger charge is 2.21. The van der Waals surface area contributed by atoms with Crippen LogP contribution in [0.1, 0.15) is 32.1 Å². The number of anilines is 2. The predicted molar refractivity (Wildman–Crippen MR) is 83.1 cm³/mol. The average molecular weight is 312 g/mol. The number of nitrogens with zero attached hydrogens (tertiary/aromatic N) is 5. The highest BCUT2D eigenvalue weighted by molar-refractivity contribution is 6.28. The second-order valence-electron chi connectivity index (χ2n) is 5.77. The molecule has 0 spiro atoms. The molecule has 0 aliphatic carbocycles. The Bertz CT molecular complexity index is 474. The Kier molecular flexibility index (Phi) is 4.75. The van der Waals surface area contributed by atoms with Crippen molar-refractivity contribution >= 4 is 23.5 Å². The fraction of sp³-hybridized carbons (Fsp3) is 0.786. The van der Waals surface area contributed by atoms with Crippen LogP contribution in [0.5, 0.6) is 0 Å². The van der Waals surface area contributed by atoms with Crippen molar-refractivity contribution in [2.75, 3.05) is 43.1 Å². The number of hydrogen-bond donors (Lipinski definition) is 0. The molecule has 1 aromatic heterocycles. The molecular weight excluding hydrogens is 290 g/mol. The fourth-order valence-electron chi connectivity index (χ4n) is 2.91. The summed E-state index contributed by atoms with van der Waals surface area (Å²) < 4.78 is 5.67. The van der Waals surface area contributed by atoms with E-state index in [1.807, 2.05) is 11.9 Å². The third-order valence-electron chi connectivity index (χ3n) is 4.07. The maximum absolute atomic E-state index is 6.08. The van der Waals surface area contributed by atoms with E-state index in [0.717, 1.165) is 39.1 Å². The van der Waals surface area contributed by atoms with E-state index in [9.17, 15) is 0 Å². The van der Waals surface area contributed by atoms with Crippen LogP contribution in [0.4, 0.5) is 11.9 Å². The molecule has 0 N–H and O–H groups in total. The maximum Gasteiger partial charge on any atom is 0.231 e. The first-order valence-electron chi connectivity index (χ1n) is 7.71. The second-order valence-corrected chi connectivity index (χ2v) is 6.11. The van der Waals surface area contributed by atoms with E-state index in [-0.39, 0.29) is 11.4 Å². The molecule has 116 valence electrons. The van der Waals surface area contributed by atoms with Gasteiger partial charge in [0.25, 0.3) is 0 Å². The molecule has 6 nitrogen and oxygen atoms in total. The number of rotatable bonds is 4. The monoisotopic (exact) mass is 311 g/mol. The quantitative estimate of drug-likeness (QED) is 0.849. The topological polar surface area (TPSA) is 54.4 Å². The number of aromatic nitrogens is 3. The van der Waals surface area contributed by atoms with Gasteiger partial charge in [-0.05, 0) is 43.7 Å². The minimum atomic E-state index is 0.264. The number of likely N-dealkylation sites (N-methyl/N-ethyl adjacent to an activating group) is 1. The highest BCUT2D eigenvalue weighted by Crippen LogP contribution is 2.21. The summed E-state index contributed by atoms with van der Waals surface area (Å²) in [6.45, 7) is 3.64. The normalized spacial score (nSPS) is 22.6. The zero-order valence-electron chi connectivity index (χ0n) is 12.5. The van der Waals surface area contributed by atoms with Gasteiger partial charge < -0.3 is 14.5 Å². The van der Waals surface area contributed by atoms with Crippen molar-refractivity contribution in [3.8, 4) is 0 Å². The van der Waals surface area contributed by atoms with Gasteiger partial charge in [0.1, 0.15) is 0 Å². The number of hydrogen-bond acceptors (Lipinski definition) is 6. The van der Waals surface area contributed by atoms with Crippen molar-refractivity contribution < 1.29 is 4.74 Å². The molecule has 7 heteroatoms. The van der Waals surface area contributed by atoms with Crippen molar-refractivity contribution in [3.63, 3.8) is 0 Å². The zero-order valence-corrected chi connectivity index (χ0v) is 13.2. The molecule has 2 fully saturated rings. The van der Waals surface area contributed by atoms with Gasteiger partial charge in [0.2, 0.25) is 17.2 Å². The van der Waals surface area contributed by atoms with Gasteiger partial charge in [-0.2, -0.15) is 15.0 Å². The second kappa shape index (κ2) is 6.75. The Morgan fingerprint density at radius 1 is 1.19 bits per heavy atom. The van der Waals surface area contributed by atoms with Gasteiger partial charge in [0, 0.05) is 33.3 Å². The molecule has 2 saturated heterocycles. The van der Waals surface area contributed by atoms with E-state index in [1.165, 1.54) is 19.3 Å². The lowest BCUT2D eigenvalue weighted by Gasteiger charge is -2.27. The Balaban J connectivity index is 1.73. The highest BCUT2D eigenvalue weighted by atomic mass is 35.5. The molecule has 0 amide bonds. The molecule has 1 aromatic rings. The number of ether oxygens (including phenoxy) is 1. The minimum absolute atomic E-state index is 0.264. The van der Waals surface area contributed by atoms with Crippen LogP contribution < -0.4 is 9.80 Å². The molecule has 21 heavy (non-hydrogen) atoms. The number of piperidine rings is 1. The van der Waals surface area contributed by atoms with E-state index in [4.69, 9.17) is 16.3 Å². The van der Waals surface area contributed by atoms with E-state index in [1.54, 1.807) is 0 Å². The molecule has 3 rings (SSSR count). The van der Waals surface area contributed by atoms with Crippen molar-refractivity contribution in [1.29, 1.82) is 0 Å². The van der Waals surface area contributed by atoms with Crippen molar-refractivity contribution in [3.05, 3.63) is 5.28 Å². The Morgan fingerprint density at radius 2 is 2.00 bits per heavy atom. The third-order valence-corrected chi connectivity index (χ3v) is 4.24. The Morgan fingerprint density at radius 3 is 2.71 bits per heavy atom. The van der Waals surface area contributed by atoms with Gasteiger partial charge in [0.15, 0.2) is 0 Å². The predicted octanol–water partition coefficient (Wildman–Crippen LogP) is 2.13. The standard InChI is InChI=1S/C14H22ClN5O/c1-19(10-11-6-5-9-21-11)13-16-12(15)17-14(18-13)20-7-3-2-4-8-20/h11H,2-10H2,1H3.